The summed E-state index contributed by atoms with van der Waals surface area (Å²) >= 11 is 0. The minimum absolute atomic E-state index is 0.0332. The summed E-state index contributed by atoms with van der Waals surface area (Å²) < 4.78 is 0. The minimum atomic E-state index is 0.0332. The Balaban J connectivity index is 2.09. The fourth-order valence-electron chi connectivity index (χ4n) is 3.36. The summed E-state index contributed by atoms with van der Waals surface area (Å²) in [5.41, 5.74) is 3.00. The van der Waals surface area contributed by atoms with Crippen molar-refractivity contribution in [3.63, 3.8) is 0 Å². The summed E-state index contributed by atoms with van der Waals surface area (Å²) in [6, 6.07) is 2.32. The van der Waals surface area contributed by atoms with E-state index in [1.54, 1.807) is 0 Å². The van der Waals surface area contributed by atoms with Crippen molar-refractivity contribution in [1.82, 2.24) is 9.88 Å². The predicted octanol–water partition coefficient (Wildman–Crippen LogP) is 0.946. The van der Waals surface area contributed by atoms with Gasteiger partial charge in [-0.2, -0.15) is 5.26 Å². The van der Waals surface area contributed by atoms with Crippen LogP contribution in [0.5, 0.6) is 0 Å². The standard InChI is InChI=1S/C16H23N5O/c1-20-8-4-12-13(10-17)15(18-5-9-22)19-16(14(12)11-20)21-6-2-3-7-21/h22H,2-9,11H2,1H3,(H,18,19). The molecule has 6 heteroatoms. The van der Waals surface area contributed by atoms with Crippen molar-refractivity contribution in [2.75, 3.05) is 50.1 Å². The zero-order valence-corrected chi connectivity index (χ0v) is 13.1. The minimum Gasteiger partial charge on any atom is -0.395 e. The van der Waals surface area contributed by atoms with Crippen LogP contribution in [-0.2, 0) is 13.0 Å². The molecule has 2 N–H and O–H groups in total. The lowest BCUT2D eigenvalue weighted by atomic mass is 9.95. The molecule has 0 aromatic carbocycles. The summed E-state index contributed by atoms with van der Waals surface area (Å²) in [7, 11) is 2.11. The van der Waals surface area contributed by atoms with E-state index < -0.39 is 0 Å². The number of aliphatic hydroxyl groups is 1. The van der Waals surface area contributed by atoms with Gasteiger partial charge < -0.3 is 20.2 Å². The number of nitrogens with one attached hydrogen (secondary N) is 1. The highest BCUT2D eigenvalue weighted by Gasteiger charge is 2.27. The van der Waals surface area contributed by atoms with Crippen LogP contribution in [0.3, 0.4) is 0 Å². The molecular formula is C16H23N5O. The number of anilines is 2. The average molecular weight is 301 g/mol. The van der Waals surface area contributed by atoms with Crippen molar-refractivity contribution in [1.29, 1.82) is 5.26 Å². The Hall–Kier alpha value is -1.84. The number of nitrogens with zero attached hydrogens (tertiary/aromatic N) is 4. The lowest BCUT2D eigenvalue weighted by molar-refractivity contribution is 0.310. The maximum absolute atomic E-state index is 9.58. The molecule has 0 aliphatic carbocycles. The van der Waals surface area contributed by atoms with Crippen molar-refractivity contribution in [3.8, 4) is 6.07 Å². The lowest BCUT2D eigenvalue weighted by Gasteiger charge is -2.31. The Bertz CT molecular complexity index is 589. The number of nitriles is 1. The molecule has 2 aliphatic rings. The number of likely N-dealkylation sites (N-methyl/N-ethyl adjacent to an activating group) is 1. The molecule has 6 nitrogen and oxygen atoms in total. The monoisotopic (exact) mass is 301 g/mol. The molecule has 0 amide bonds. The second kappa shape index (κ2) is 6.51. The van der Waals surface area contributed by atoms with E-state index in [-0.39, 0.29) is 6.61 Å². The number of hydrogen-bond acceptors (Lipinski definition) is 6. The van der Waals surface area contributed by atoms with Gasteiger partial charge in [-0.05, 0) is 31.9 Å². The molecular weight excluding hydrogens is 278 g/mol. The van der Waals surface area contributed by atoms with Crippen LogP contribution in [0.4, 0.5) is 11.6 Å². The van der Waals surface area contributed by atoms with E-state index in [0.717, 1.165) is 44.0 Å². The maximum atomic E-state index is 9.58. The number of aromatic nitrogens is 1. The van der Waals surface area contributed by atoms with E-state index >= 15 is 0 Å². The van der Waals surface area contributed by atoms with Crippen LogP contribution < -0.4 is 10.2 Å². The van der Waals surface area contributed by atoms with Gasteiger partial charge in [0, 0.05) is 38.3 Å². The maximum Gasteiger partial charge on any atom is 0.146 e. The van der Waals surface area contributed by atoms with E-state index in [4.69, 9.17) is 10.1 Å². The van der Waals surface area contributed by atoms with Gasteiger partial charge in [-0.25, -0.2) is 4.98 Å². The summed E-state index contributed by atoms with van der Waals surface area (Å²) in [6.45, 7) is 4.34. The highest BCUT2D eigenvalue weighted by atomic mass is 16.3. The molecule has 3 heterocycles. The number of pyridine rings is 1. The van der Waals surface area contributed by atoms with Crippen molar-refractivity contribution >= 4 is 11.6 Å². The van der Waals surface area contributed by atoms with Crippen LogP contribution in [0, 0.1) is 11.3 Å². The topological polar surface area (TPSA) is 75.4 Å². The third kappa shape index (κ3) is 2.74. The fourth-order valence-corrected chi connectivity index (χ4v) is 3.36. The Morgan fingerprint density at radius 3 is 2.73 bits per heavy atom. The molecule has 1 aromatic heterocycles. The quantitative estimate of drug-likeness (QED) is 0.862. The summed E-state index contributed by atoms with van der Waals surface area (Å²) in [4.78, 5) is 9.39. The zero-order valence-electron chi connectivity index (χ0n) is 13.1. The van der Waals surface area contributed by atoms with Crippen LogP contribution in [-0.4, -0.2) is 54.8 Å². The second-order valence-electron chi connectivity index (χ2n) is 6.06. The predicted molar refractivity (Wildman–Crippen MR) is 86.0 cm³/mol. The van der Waals surface area contributed by atoms with Crippen molar-refractivity contribution < 1.29 is 5.11 Å². The second-order valence-corrected chi connectivity index (χ2v) is 6.06. The van der Waals surface area contributed by atoms with Gasteiger partial charge in [-0.15, -0.1) is 0 Å². The Kier molecular flexibility index (Phi) is 4.46. The normalized spacial score (nSPS) is 18.1. The Morgan fingerprint density at radius 2 is 2.05 bits per heavy atom. The molecule has 1 aromatic rings. The largest absolute Gasteiger partial charge is 0.395 e. The van der Waals surface area contributed by atoms with Gasteiger partial charge in [0.05, 0.1) is 12.2 Å². The number of hydrogen-bond donors (Lipinski definition) is 2. The molecule has 22 heavy (non-hydrogen) atoms. The van der Waals surface area contributed by atoms with Crippen LogP contribution in [0.2, 0.25) is 0 Å². The third-order valence-electron chi connectivity index (χ3n) is 4.48. The summed E-state index contributed by atoms with van der Waals surface area (Å²) in [5.74, 6) is 1.65. The first kappa shape index (κ1) is 15.1. The molecule has 118 valence electrons. The van der Waals surface area contributed by atoms with Crippen molar-refractivity contribution in [2.24, 2.45) is 0 Å². The number of aliphatic hydroxyl groups excluding tert-OH is 1. The average Bonchev–Trinajstić information content (AvgIpc) is 3.06. The summed E-state index contributed by atoms with van der Waals surface area (Å²) in [6.07, 6.45) is 3.28. The van der Waals surface area contributed by atoms with E-state index in [0.29, 0.717) is 17.9 Å². The molecule has 0 bridgehead atoms. The van der Waals surface area contributed by atoms with E-state index in [1.807, 2.05) is 0 Å². The SMILES string of the molecule is CN1CCc2c(C#N)c(NCCO)nc(N3CCCC3)c2C1. The first-order valence-corrected chi connectivity index (χ1v) is 7.98. The molecule has 0 unspecified atom stereocenters. The van der Waals surface area contributed by atoms with Crippen LogP contribution in [0.15, 0.2) is 0 Å². The Labute approximate surface area is 131 Å². The van der Waals surface area contributed by atoms with Crippen molar-refractivity contribution in [3.05, 3.63) is 16.7 Å². The summed E-state index contributed by atoms with van der Waals surface area (Å²) in [5, 5.41) is 21.7. The van der Waals surface area contributed by atoms with E-state index in [2.05, 4.69) is 28.2 Å². The van der Waals surface area contributed by atoms with Crippen molar-refractivity contribution in [2.45, 2.75) is 25.8 Å². The van der Waals surface area contributed by atoms with Gasteiger partial charge in [-0.1, -0.05) is 0 Å². The highest BCUT2D eigenvalue weighted by molar-refractivity contribution is 5.67. The molecule has 2 aliphatic heterocycles. The molecule has 0 radical (unpaired) electrons. The molecule has 1 saturated heterocycles. The van der Waals surface area contributed by atoms with Crippen LogP contribution in [0.1, 0.15) is 29.5 Å². The Morgan fingerprint density at radius 1 is 1.27 bits per heavy atom. The van der Waals surface area contributed by atoms with Gasteiger partial charge in [0.25, 0.3) is 0 Å². The highest BCUT2D eigenvalue weighted by Crippen LogP contribution is 2.34. The van der Waals surface area contributed by atoms with Gasteiger partial charge in [0.1, 0.15) is 17.7 Å². The van der Waals surface area contributed by atoms with Gasteiger partial charge in [-0.3, -0.25) is 0 Å². The fraction of sp³-hybridized carbons (Fsp3) is 0.625. The number of rotatable bonds is 4. The first-order chi connectivity index (χ1) is 10.7. The van der Waals surface area contributed by atoms with Gasteiger partial charge in [0.15, 0.2) is 0 Å². The zero-order chi connectivity index (χ0) is 15.5. The van der Waals surface area contributed by atoms with Crippen LogP contribution in [0.25, 0.3) is 0 Å². The third-order valence-corrected chi connectivity index (χ3v) is 4.48. The van der Waals surface area contributed by atoms with Crippen LogP contribution >= 0.6 is 0 Å². The van der Waals surface area contributed by atoms with E-state index in [9.17, 15) is 5.26 Å². The van der Waals surface area contributed by atoms with Gasteiger partial charge in [0.2, 0.25) is 0 Å². The molecule has 3 rings (SSSR count). The molecule has 0 spiro atoms. The molecule has 0 atom stereocenters. The van der Waals surface area contributed by atoms with Gasteiger partial charge >= 0.3 is 0 Å². The molecule has 0 saturated carbocycles. The number of fused-ring (bicyclic) bond motifs is 1. The first-order valence-electron chi connectivity index (χ1n) is 7.98. The van der Waals surface area contributed by atoms with E-state index in [1.165, 1.54) is 18.4 Å². The molecule has 1 fully saturated rings. The smallest absolute Gasteiger partial charge is 0.146 e. The lowest BCUT2D eigenvalue weighted by Crippen LogP contribution is -2.31.